The first kappa shape index (κ1) is 12.3. The Bertz CT molecular complexity index is 588. The van der Waals surface area contributed by atoms with Crippen LogP contribution in [0.25, 0.3) is 0 Å². The third-order valence-corrected chi connectivity index (χ3v) is 2.54. The largest absolute Gasteiger partial charge is 0.416 e. The smallest absolute Gasteiger partial charge is 0.349 e. The molecule has 0 aliphatic rings. The van der Waals surface area contributed by atoms with E-state index in [4.69, 9.17) is 6.42 Å². The van der Waals surface area contributed by atoms with Crippen LogP contribution in [-0.4, -0.2) is 4.57 Å². The van der Waals surface area contributed by atoms with E-state index in [0.717, 1.165) is 12.1 Å². The molecule has 0 aliphatic carbocycles. The predicted molar refractivity (Wildman–Crippen MR) is 62.9 cm³/mol. The second kappa shape index (κ2) is 4.61. The molecular weight excluding hydrogens is 239 g/mol. The molecular formula is C14H10F3N. The van der Waals surface area contributed by atoms with E-state index in [2.05, 4.69) is 5.92 Å². The van der Waals surface area contributed by atoms with Gasteiger partial charge in [-0.15, -0.1) is 6.42 Å². The molecule has 2 rings (SSSR count). The highest BCUT2D eigenvalue weighted by Gasteiger charge is 2.30. The van der Waals surface area contributed by atoms with Gasteiger partial charge in [0.15, 0.2) is 0 Å². The first-order valence-corrected chi connectivity index (χ1v) is 5.27. The predicted octanol–water partition coefficient (Wildman–Crippen LogP) is 3.54. The van der Waals surface area contributed by atoms with E-state index in [1.165, 1.54) is 6.07 Å². The summed E-state index contributed by atoms with van der Waals surface area (Å²) in [7, 11) is 0. The van der Waals surface area contributed by atoms with Crippen molar-refractivity contribution >= 4 is 0 Å². The fourth-order valence-electron chi connectivity index (χ4n) is 1.68. The van der Waals surface area contributed by atoms with Gasteiger partial charge < -0.3 is 4.57 Å². The fraction of sp³-hybridized carbons (Fsp3) is 0.143. The molecule has 18 heavy (non-hydrogen) atoms. The monoisotopic (exact) mass is 249 g/mol. The summed E-state index contributed by atoms with van der Waals surface area (Å²) in [6.45, 7) is 0.367. The van der Waals surface area contributed by atoms with E-state index in [0.29, 0.717) is 17.7 Å². The number of halogens is 3. The van der Waals surface area contributed by atoms with Crippen LogP contribution in [0.5, 0.6) is 0 Å². The Kier molecular flexibility index (Phi) is 3.15. The first-order chi connectivity index (χ1) is 8.49. The molecule has 0 saturated carbocycles. The summed E-state index contributed by atoms with van der Waals surface area (Å²) in [6, 6.07) is 7.02. The molecule has 0 unspecified atom stereocenters. The van der Waals surface area contributed by atoms with Gasteiger partial charge in [0.1, 0.15) is 0 Å². The molecule has 0 aliphatic heterocycles. The van der Waals surface area contributed by atoms with E-state index in [9.17, 15) is 13.2 Å². The van der Waals surface area contributed by atoms with Crippen molar-refractivity contribution < 1.29 is 13.2 Å². The number of terminal acetylenes is 1. The van der Waals surface area contributed by atoms with E-state index in [-0.39, 0.29) is 0 Å². The maximum Gasteiger partial charge on any atom is 0.416 e. The summed E-state index contributed by atoms with van der Waals surface area (Å²) in [4.78, 5) is 0. The van der Waals surface area contributed by atoms with E-state index < -0.39 is 11.7 Å². The summed E-state index contributed by atoms with van der Waals surface area (Å²) in [5.41, 5.74) is 0.662. The van der Waals surface area contributed by atoms with Gasteiger partial charge in [0.25, 0.3) is 0 Å². The lowest BCUT2D eigenvalue weighted by Gasteiger charge is -2.09. The molecule has 1 nitrogen and oxygen atoms in total. The molecule has 4 heteroatoms. The summed E-state index contributed by atoms with van der Waals surface area (Å²) in [6.07, 6.45) is 4.38. The Labute approximate surface area is 103 Å². The molecule has 0 radical (unpaired) electrons. The first-order valence-electron chi connectivity index (χ1n) is 5.27. The third-order valence-electron chi connectivity index (χ3n) is 2.54. The van der Waals surface area contributed by atoms with Gasteiger partial charge in [-0.25, -0.2) is 0 Å². The quantitative estimate of drug-likeness (QED) is 0.717. The van der Waals surface area contributed by atoms with Crippen LogP contribution in [0.1, 0.15) is 16.7 Å². The van der Waals surface area contributed by atoms with Crippen molar-refractivity contribution in [2.24, 2.45) is 0 Å². The van der Waals surface area contributed by atoms with Crippen LogP contribution in [0.15, 0.2) is 42.7 Å². The lowest BCUT2D eigenvalue weighted by Crippen LogP contribution is -2.06. The average molecular weight is 249 g/mol. The number of alkyl halides is 3. The highest BCUT2D eigenvalue weighted by molar-refractivity contribution is 5.31. The summed E-state index contributed by atoms with van der Waals surface area (Å²) in [5, 5.41) is 0. The molecule has 0 fully saturated rings. The van der Waals surface area contributed by atoms with Gasteiger partial charge in [0.2, 0.25) is 0 Å². The van der Waals surface area contributed by atoms with Crippen molar-refractivity contribution in [1.29, 1.82) is 0 Å². The zero-order chi connectivity index (χ0) is 13.2. The van der Waals surface area contributed by atoms with Gasteiger partial charge >= 0.3 is 6.18 Å². The highest BCUT2D eigenvalue weighted by atomic mass is 19.4. The van der Waals surface area contributed by atoms with Gasteiger partial charge in [0, 0.05) is 24.5 Å². The van der Waals surface area contributed by atoms with Crippen LogP contribution >= 0.6 is 0 Å². The van der Waals surface area contributed by atoms with Crippen LogP contribution in [0.3, 0.4) is 0 Å². The summed E-state index contributed by atoms with van der Waals surface area (Å²) in [5.74, 6) is 2.47. The number of rotatable bonds is 2. The van der Waals surface area contributed by atoms with Gasteiger partial charge in [-0.2, -0.15) is 13.2 Å². The summed E-state index contributed by atoms with van der Waals surface area (Å²) < 4.78 is 39.4. The third kappa shape index (κ3) is 2.75. The lowest BCUT2D eigenvalue weighted by atomic mass is 10.1. The summed E-state index contributed by atoms with van der Waals surface area (Å²) >= 11 is 0. The van der Waals surface area contributed by atoms with E-state index in [1.54, 1.807) is 29.1 Å². The second-order valence-corrected chi connectivity index (χ2v) is 3.91. The molecule has 0 spiro atoms. The molecule has 0 N–H and O–H groups in total. The van der Waals surface area contributed by atoms with Gasteiger partial charge in [-0.1, -0.05) is 18.1 Å². The van der Waals surface area contributed by atoms with Crippen LogP contribution in [0.4, 0.5) is 13.2 Å². The Hall–Kier alpha value is -2.15. The number of hydrogen-bond donors (Lipinski definition) is 0. The number of nitrogens with zero attached hydrogens (tertiary/aromatic N) is 1. The number of hydrogen-bond acceptors (Lipinski definition) is 0. The Balaban J connectivity index is 2.22. The normalized spacial score (nSPS) is 11.2. The van der Waals surface area contributed by atoms with Gasteiger partial charge in [-0.3, -0.25) is 0 Å². The minimum absolute atomic E-state index is 0.367. The number of aromatic nitrogens is 1. The van der Waals surface area contributed by atoms with E-state index >= 15 is 0 Å². The standard InChI is InChI=1S/C14H10F3N/c1-2-11-6-7-18(9-11)10-12-4-3-5-13(8-12)14(15,16)17/h1,3-9H,10H2. The topological polar surface area (TPSA) is 4.93 Å². The van der Waals surface area contributed by atoms with Crippen molar-refractivity contribution in [3.8, 4) is 12.3 Å². The molecule has 1 aromatic carbocycles. The van der Waals surface area contributed by atoms with Crippen molar-refractivity contribution in [2.75, 3.05) is 0 Å². The minimum atomic E-state index is -4.31. The molecule has 0 saturated heterocycles. The second-order valence-electron chi connectivity index (χ2n) is 3.91. The SMILES string of the molecule is C#Cc1ccn(Cc2cccc(C(F)(F)F)c2)c1. The molecule has 92 valence electrons. The molecule has 1 heterocycles. The fourth-order valence-corrected chi connectivity index (χ4v) is 1.68. The minimum Gasteiger partial charge on any atom is -0.349 e. The van der Waals surface area contributed by atoms with Crippen molar-refractivity contribution in [3.05, 3.63) is 59.4 Å². The van der Waals surface area contributed by atoms with Crippen LogP contribution in [-0.2, 0) is 12.7 Å². The Morgan fingerprint density at radius 3 is 2.61 bits per heavy atom. The molecule has 0 bridgehead atoms. The van der Waals surface area contributed by atoms with Crippen molar-refractivity contribution in [1.82, 2.24) is 4.57 Å². The van der Waals surface area contributed by atoms with Gasteiger partial charge in [-0.05, 0) is 23.8 Å². The Morgan fingerprint density at radius 1 is 1.22 bits per heavy atom. The average Bonchev–Trinajstić information content (AvgIpc) is 2.76. The van der Waals surface area contributed by atoms with Gasteiger partial charge in [0.05, 0.1) is 5.56 Å². The number of benzene rings is 1. The van der Waals surface area contributed by atoms with Crippen LogP contribution < -0.4 is 0 Å². The van der Waals surface area contributed by atoms with E-state index in [1.807, 2.05) is 0 Å². The Morgan fingerprint density at radius 2 is 2.00 bits per heavy atom. The molecule has 2 aromatic rings. The molecule has 1 aromatic heterocycles. The molecule has 0 amide bonds. The zero-order valence-corrected chi connectivity index (χ0v) is 9.41. The van der Waals surface area contributed by atoms with Crippen molar-refractivity contribution in [2.45, 2.75) is 12.7 Å². The lowest BCUT2D eigenvalue weighted by molar-refractivity contribution is -0.137. The zero-order valence-electron chi connectivity index (χ0n) is 9.41. The highest BCUT2D eigenvalue weighted by Crippen LogP contribution is 2.29. The molecule has 0 atom stereocenters. The van der Waals surface area contributed by atoms with Crippen LogP contribution in [0.2, 0.25) is 0 Å². The maximum atomic E-state index is 12.5. The maximum absolute atomic E-state index is 12.5. The van der Waals surface area contributed by atoms with Crippen molar-refractivity contribution in [3.63, 3.8) is 0 Å². The van der Waals surface area contributed by atoms with Crippen LogP contribution in [0, 0.1) is 12.3 Å².